The number of nitro benzene ring substituents is 2. The summed E-state index contributed by atoms with van der Waals surface area (Å²) in [5.74, 6) is -1.08. The van der Waals surface area contributed by atoms with Crippen molar-refractivity contribution in [3.05, 3.63) is 44.0 Å². The summed E-state index contributed by atoms with van der Waals surface area (Å²) in [6.07, 6.45) is -1.30. The van der Waals surface area contributed by atoms with Crippen LogP contribution in [0.1, 0.15) is 10.4 Å². The van der Waals surface area contributed by atoms with Crippen LogP contribution in [0.3, 0.4) is 0 Å². The Morgan fingerprint density at radius 2 is 1.70 bits per heavy atom. The molecule has 1 rings (SSSR count). The normalized spacial score (nSPS) is 11.7. The number of nitro groups is 2. The number of carbonyl (C=O) groups is 1. The van der Waals surface area contributed by atoms with Crippen molar-refractivity contribution < 1.29 is 29.6 Å². The average molecular weight is 286 g/mol. The highest BCUT2D eigenvalue weighted by Gasteiger charge is 2.21. The predicted octanol–water partition coefficient (Wildman–Crippen LogP) is 0.0130. The summed E-state index contributed by atoms with van der Waals surface area (Å²) in [6, 6.07) is 2.35. The molecule has 0 saturated carbocycles. The fraction of sp³-hybridized carbons (Fsp3) is 0.300. The van der Waals surface area contributed by atoms with Crippen molar-refractivity contribution in [2.45, 2.75) is 6.10 Å². The van der Waals surface area contributed by atoms with E-state index in [-0.39, 0.29) is 0 Å². The van der Waals surface area contributed by atoms with Gasteiger partial charge in [-0.05, 0) is 0 Å². The zero-order valence-electron chi connectivity index (χ0n) is 9.96. The van der Waals surface area contributed by atoms with Gasteiger partial charge in [0.05, 0.1) is 28.1 Å². The van der Waals surface area contributed by atoms with Crippen LogP contribution in [0.4, 0.5) is 11.4 Å². The lowest BCUT2D eigenvalue weighted by molar-refractivity contribution is -0.394. The summed E-state index contributed by atoms with van der Waals surface area (Å²) in [6.45, 7) is -1.17. The molecule has 10 nitrogen and oxygen atoms in total. The molecule has 0 spiro atoms. The van der Waals surface area contributed by atoms with E-state index in [1.807, 2.05) is 0 Å². The number of hydrogen-bond acceptors (Lipinski definition) is 8. The van der Waals surface area contributed by atoms with Gasteiger partial charge in [-0.15, -0.1) is 0 Å². The van der Waals surface area contributed by atoms with Gasteiger partial charge in [-0.1, -0.05) is 0 Å². The Kier molecular flexibility index (Phi) is 5.06. The lowest BCUT2D eigenvalue weighted by atomic mass is 10.2. The highest BCUT2D eigenvalue weighted by atomic mass is 16.6. The van der Waals surface area contributed by atoms with E-state index in [9.17, 15) is 25.0 Å². The highest BCUT2D eigenvalue weighted by Crippen LogP contribution is 2.23. The van der Waals surface area contributed by atoms with Crippen molar-refractivity contribution in [3.63, 3.8) is 0 Å². The fourth-order valence-electron chi connectivity index (χ4n) is 1.23. The van der Waals surface area contributed by atoms with Gasteiger partial charge in [0.25, 0.3) is 11.4 Å². The molecule has 0 heterocycles. The molecular weight excluding hydrogens is 276 g/mol. The van der Waals surface area contributed by atoms with Gasteiger partial charge in [-0.3, -0.25) is 20.2 Å². The highest BCUT2D eigenvalue weighted by molar-refractivity contribution is 5.91. The summed E-state index contributed by atoms with van der Waals surface area (Å²) < 4.78 is 4.56. The van der Waals surface area contributed by atoms with Gasteiger partial charge in [0.15, 0.2) is 0 Å². The summed E-state index contributed by atoms with van der Waals surface area (Å²) >= 11 is 0. The third kappa shape index (κ3) is 3.96. The number of non-ortho nitro benzene ring substituents is 2. The Morgan fingerprint density at radius 1 is 1.20 bits per heavy atom. The van der Waals surface area contributed by atoms with Crippen LogP contribution in [0.2, 0.25) is 0 Å². The van der Waals surface area contributed by atoms with Gasteiger partial charge >= 0.3 is 5.97 Å². The Bertz CT molecular complexity index is 512. The topological polar surface area (TPSA) is 153 Å². The van der Waals surface area contributed by atoms with Crippen LogP contribution in [0.5, 0.6) is 0 Å². The summed E-state index contributed by atoms with van der Waals surface area (Å²) in [4.78, 5) is 31.0. The third-order valence-corrected chi connectivity index (χ3v) is 2.18. The molecule has 0 radical (unpaired) electrons. The number of benzene rings is 1. The van der Waals surface area contributed by atoms with Crippen LogP contribution < -0.4 is 0 Å². The number of aliphatic hydroxyl groups excluding tert-OH is 2. The minimum Gasteiger partial charge on any atom is -0.459 e. The Balaban J connectivity index is 3.01. The molecule has 1 atom stereocenters. The largest absolute Gasteiger partial charge is 0.459 e. The number of carbonyl (C=O) groups excluding carboxylic acids is 1. The van der Waals surface area contributed by atoms with Crippen LogP contribution in [-0.4, -0.2) is 45.3 Å². The molecule has 0 bridgehead atoms. The number of ether oxygens (including phenoxy) is 1. The van der Waals surface area contributed by atoms with Gasteiger partial charge in [-0.25, -0.2) is 4.79 Å². The zero-order valence-corrected chi connectivity index (χ0v) is 9.96. The minimum atomic E-state index is -1.30. The van der Waals surface area contributed by atoms with Crippen molar-refractivity contribution >= 4 is 17.3 Å². The molecule has 0 aliphatic heterocycles. The molecule has 10 heteroatoms. The molecule has 108 valence electrons. The van der Waals surface area contributed by atoms with E-state index in [1.165, 1.54) is 0 Å². The van der Waals surface area contributed by atoms with Crippen LogP contribution >= 0.6 is 0 Å². The van der Waals surface area contributed by atoms with Crippen LogP contribution in [0.15, 0.2) is 18.2 Å². The number of nitrogens with zero attached hydrogens (tertiary/aromatic N) is 2. The van der Waals surface area contributed by atoms with E-state index in [1.54, 1.807) is 0 Å². The monoisotopic (exact) mass is 286 g/mol. The quantitative estimate of drug-likeness (QED) is 0.421. The summed E-state index contributed by atoms with van der Waals surface area (Å²) in [5, 5.41) is 38.8. The fourth-order valence-corrected chi connectivity index (χ4v) is 1.23. The average Bonchev–Trinajstić information content (AvgIpc) is 2.43. The van der Waals surface area contributed by atoms with E-state index in [4.69, 9.17) is 10.2 Å². The first-order chi connectivity index (χ1) is 9.35. The lowest BCUT2D eigenvalue weighted by Crippen LogP contribution is -2.22. The van der Waals surface area contributed by atoms with Crippen molar-refractivity contribution in [1.82, 2.24) is 0 Å². The van der Waals surface area contributed by atoms with Gasteiger partial charge < -0.3 is 14.9 Å². The lowest BCUT2D eigenvalue weighted by Gasteiger charge is -2.08. The second kappa shape index (κ2) is 6.54. The summed E-state index contributed by atoms with van der Waals surface area (Å²) in [7, 11) is 0. The van der Waals surface area contributed by atoms with Gasteiger partial charge in [0.2, 0.25) is 0 Å². The Morgan fingerprint density at radius 3 is 2.10 bits per heavy atom. The third-order valence-electron chi connectivity index (χ3n) is 2.18. The maximum atomic E-state index is 11.6. The minimum absolute atomic E-state index is 0.393. The standard InChI is InChI=1S/C10H10N2O8/c13-4-9(14)5-20-10(15)6-1-7(11(16)17)3-8(2-6)12(18)19/h1-3,9,13-14H,4-5H2/t9-/m1/s1. The molecule has 2 N–H and O–H groups in total. The van der Waals surface area contributed by atoms with Crippen molar-refractivity contribution in [2.24, 2.45) is 0 Å². The predicted molar refractivity (Wildman–Crippen MR) is 63.1 cm³/mol. The first-order valence-corrected chi connectivity index (χ1v) is 5.25. The van der Waals surface area contributed by atoms with E-state index in [0.29, 0.717) is 6.07 Å². The first kappa shape index (κ1) is 15.5. The smallest absolute Gasteiger partial charge is 0.338 e. The van der Waals surface area contributed by atoms with E-state index >= 15 is 0 Å². The second-order valence-corrected chi connectivity index (χ2v) is 3.69. The molecule has 0 unspecified atom stereocenters. The molecule has 0 fully saturated rings. The molecule has 1 aromatic rings. The van der Waals surface area contributed by atoms with E-state index in [2.05, 4.69) is 4.74 Å². The van der Waals surface area contributed by atoms with E-state index in [0.717, 1.165) is 12.1 Å². The van der Waals surface area contributed by atoms with Crippen molar-refractivity contribution in [2.75, 3.05) is 13.2 Å². The van der Waals surface area contributed by atoms with Crippen LogP contribution in [-0.2, 0) is 4.74 Å². The maximum absolute atomic E-state index is 11.6. The molecule has 1 aromatic carbocycles. The van der Waals surface area contributed by atoms with Gasteiger partial charge in [0, 0.05) is 12.1 Å². The SMILES string of the molecule is O=C(OC[C@H](O)CO)c1cc([N+](=O)[O-])cc([N+](=O)[O-])c1. The van der Waals surface area contributed by atoms with Gasteiger partial charge in [-0.2, -0.15) is 0 Å². The molecule has 20 heavy (non-hydrogen) atoms. The number of aliphatic hydroxyl groups is 2. The summed E-state index contributed by atoms with van der Waals surface area (Å²) in [5.41, 5.74) is -1.65. The molecule has 0 aromatic heterocycles. The maximum Gasteiger partial charge on any atom is 0.338 e. The van der Waals surface area contributed by atoms with E-state index < -0.39 is 52.1 Å². The number of rotatable bonds is 6. The molecule has 0 aliphatic carbocycles. The molecule has 0 saturated heterocycles. The zero-order chi connectivity index (χ0) is 15.3. The Hall–Kier alpha value is -2.59. The first-order valence-electron chi connectivity index (χ1n) is 5.25. The number of hydrogen-bond donors (Lipinski definition) is 2. The molecular formula is C10H10N2O8. The molecule has 0 aliphatic rings. The van der Waals surface area contributed by atoms with Crippen LogP contribution in [0.25, 0.3) is 0 Å². The van der Waals surface area contributed by atoms with Gasteiger partial charge in [0.1, 0.15) is 12.7 Å². The van der Waals surface area contributed by atoms with Crippen molar-refractivity contribution in [3.8, 4) is 0 Å². The number of esters is 1. The van der Waals surface area contributed by atoms with Crippen molar-refractivity contribution in [1.29, 1.82) is 0 Å². The molecule has 0 amide bonds. The Labute approximate surface area is 111 Å². The second-order valence-electron chi connectivity index (χ2n) is 3.69. The van der Waals surface area contributed by atoms with Crippen LogP contribution in [0, 0.1) is 20.2 Å².